The van der Waals surface area contributed by atoms with Gasteiger partial charge in [-0.1, -0.05) is 35.2 Å². The minimum absolute atomic E-state index is 0.121. The van der Waals surface area contributed by atoms with E-state index in [0.29, 0.717) is 5.92 Å². The predicted octanol–water partition coefficient (Wildman–Crippen LogP) is 2.41. The lowest BCUT2D eigenvalue weighted by Gasteiger charge is -2.21. The first-order valence-electron chi connectivity index (χ1n) is 6.20. The summed E-state index contributed by atoms with van der Waals surface area (Å²) in [5.41, 5.74) is 0. The SMILES string of the molecule is O=S(=O)(NC1CCCC1CBr)C1CCCC1. The Morgan fingerprint density at radius 2 is 1.75 bits per heavy atom. The third kappa shape index (κ3) is 2.79. The van der Waals surface area contributed by atoms with E-state index in [2.05, 4.69) is 20.7 Å². The summed E-state index contributed by atoms with van der Waals surface area (Å²) in [7, 11) is -3.06. The van der Waals surface area contributed by atoms with Crippen molar-refractivity contribution in [2.24, 2.45) is 5.92 Å². The molecule has 0 spiro atoms. The van der Waals surface area contributed by atoms with Crippen LogP contribution >= 0.6 is 15.9 Å². The van der Waals surface area contributed by atoms with Crippen molar-refractivity contribution in [2.45, 2.75) is 56.2 Å². The van der Waals surface area contributed by atoms with Gasteiger partial charge in [0.2, 0.25) is 10.0 Å². The van der Waals surface area contributed by atoms with Crippen molar-refractivity contribution >= 4 is 26.0 Å². The number of alkyl halides is 1. The van der Waals surface area contributed by atoms with Gasteiger partial charge in [0.25, 0.3) is 0 Å². The molecule has 2 unspecified atom stereocenters. The fourth-order valence-corrected chi connectivity index (χ4v) is 5.54. The molecule has 0 amide bonds. The standard InChI is InChI=1S/C11H20BrNO2S/c12-8-9-4-3-7-11(9)13-16(14,15)10-5-1-2-6-10/h9-11,13H,1-8H2. The Labute approximate surface area is 107 Å². The van der Waals surface area contributed by atoms with Gasteiger partial charge in [-0.25, -0.2) is 13.1 Å². The van der Waals surface area contributed by atoms with Crippen LogP contribution in [0.1, 0.15) is 44.9 Å². The number of hydrogen-bond acceptors (Lipinski definition) is 2. The van der Waals surface area contributed by atoms with E-state index in [1.165, 1.54) is 0 Å². The maximum atomic E-state index is 12.1. The molecule has 94 valence electrons. The highest BCUT2D eigenvalue weighted by atomic mass is 79.9. The molecule has 0 radical (unpaired) electrons. The average molecular weight is 310 g/mol. The molecule has 2 rings (SSSR count). The van der Waals surface area contributed by atoms with Crippen molar-refractivity contribution in [1.29, 1.82) is 0 Å². The first-order valence-corrected chi connectivity index (χ1v) is 8.87. The molecule has 0 aromatic heterocycles. The summed E-state index contributed by atoms with van der Waals surface area (Å²) in [6.07, 6.45) is 7.12. The number of sulfonamides is 1. The van der Waals surface area contributed by atoms with Gasteiger partial charge < -0.3 is 0 Å². The summed E-state index contributed by atoms with van der Waals surface area (Å²) in [5.74, 6) is 0.483. The highest BCUT2D eigenvalue weighted by molar-refractivity contribution is 9.09. The molecule has 2 atom stereocenters. The van der Waals surface area contributed by atoms with Crippen LogP contribution in [0.25, 0.3) is 0 Å². The fourth-order valence-electron chi connectivity index (χ4n) is 2.88. The van der Waals surface area contributed by atoms with Crippen LogP contribution in [0, 0.1) is 5.92 Å². The second-order valence-corrected chi connectivity index (χ2v) is 7.66. The van der Waals surface area contributed by atoms with Crippen molar-refractivity contribution in [1.82, 2.24) is 4.72 Å². The molecule has 0 heterocycles. The van der Waals surface area contributed by atoms with Gasteiger partial charge in [-0.3, -0.25) is 0 Å². The molecule has 16 heavy (non-hydrogen) atoms. The summed E-state index contributed by atoms with van der Waals surface area (Å²) in [6.45, 7) is 0. The van der Waals surface area contributed by atoms with Gasteiger partial charge >= 0.3 is 0 Å². The molecular formula is C11H20BrNO2S. The van der Waals surface area contributed by atoms with E-state index in [0.717, 1.165) is 50.3 Å². The lowest BCUT2D eigenvalue weighted by Crippen LogP contribution is -2.42. The topological polar surface area (TPSA) is 46.2 Å². The van der Waals surface area contributed by atoms with E-state index < -0.39 is 10.0 Å². The van der Waals surface area contributed by atoms with Crippen LogP contribution in [0.3, 0.4) is 0 Å². The third-order valence-corrected chi connectivity index (χ3v) is 6.73. The second-order valence-electron chi connectivity index (χ2n) is 5.02. The summed E-state index contributed by atoms with van der Waals surface area (Å²) in [4.78, 5) is 0. The Balaban J connectivity index is 1.97. The highest BCUT2D eigenvalue weighted by Crippen LogP contribution is 2.30. The molecule has 2 aliphatic rings. The van der Waals surface area contributed by atoms with Crippen LogP contribution in [0.2, 0.25) is 0 Å². The minimum atomic E-state index is -3.06. The molecule has 1 N–H and O–H groups in total. The molecule has 2 saturated carbocycles. The van der Waals surface area contributed by atoms with Crippen LogP contribution in [0.15, 0.2) is 0 Å². The zero-order valence-electron chi connectivity index (χ0n) is 9.49. The minimum Gasteiger partial charge on any atom is -0.212 e. The van der Waals surface area contributed by atoms with Gasteiger partial charge in [0, 0.05) is 11.4 Å². The molecule has 5 heteroatoms. The first kappa shape index (κ1) is 12.8. The zero-order chi connectivity index (χ0) is 11.6. The summed E-state index contributed by atoms with van der Waals surface area (Å²) >= 11 is 3.47. The van der Waals surface area contributed by atoms with Crippen LogP contribution < -0.4 is 4.72 Å². The van der Waals surface area contributed by atoms with Gasteiger partial charge in [0.1, 0.15) is 0 Å². The van der Waals surface area contributed by atoms with Gasteiger partial charge in [0.15, 0.2) is 0 Å². The summed E-state index contributed by atoms with van der Waals surface area (Å²) in [6, 6.07) is 0.171. The molecule has 0 aromatic carbocycles. The van der Waals surface area contributed by atoms with Crippen LogP contribution in [0.4, 0.5) is 0 Å². The predicted molar refractivity (Wildman–Crippen MR) is 69.2 cm³/mol. The number of hydrogen-bond donors (Lipinski definition) is 1. The average Bonchev–Trinajstić information content (AvgIpc) is 2.86. The molecule has 3 nitrogen and oxygen atoms in total. The van der Waals surface area contributed by atoms with Crippen molar-refractivity contribution < 1.29 is 8.42 Å². The maximum Gasteiger partial charge on any atom is 0.214 e. The highest BCUT2D eigenvalue weighted by Gasteiger charge is 2.34. The second kappa shape index (κ2) is 5.36. The van der Waals surface area contributed by atoms with E-state index in [9.17, 15) is 8.42 Å². The molecule has 0 aromatic rings. The van der Waals surface area contributed by atoms with Gasteiger partial charge in [-0.05, 0) is 31.6 Å². The van der Waals surface area contributed by atoms with Crippen molar-refractivity contribution in [3.05, 3.63) is 0 Å². The van der Waals surface area contributed by atoms with E-state index in [1.54, 1.807) is 0 Å². The van der Waals surface area contributed by atoms with Crippen LogP contribution in [-0.4, -0.2) is 25.0 Å². The largest absolute Gasteiger partial charge is 0.214 e. The quantitative estimate of drug-likeness (QED) is 0.811. The van der Waals surface area contributed by atoms with Crippen LogP contribution in [0.5, 0.6) is 0 Å². The van der Waals surface area contributed by atoms with Gasteiger partial charge in [-0.15, -0.1) is 0 Å². The molecule has 2 fully saturated rings. The van der Waals surface area contributed by atoms with E-state index in [4.69, 9.17) is 0 Å². The first-order chi connectivity index (χ1) is 7.63. The summed E-state index contributed by atoms with van der Waals surface area (Å²) < 4.78 is 27.2. The Hall–Kier alpha value is 0.390. The molecule has 0 aliphatic heterocycles. The van der Waals surface area contributed by atoms with E-state index >= 15 is 0 Å². The number of nitrogens with one attached hydrogen (secondary N) is 1. The lowest BCUT2D eigenvalue weighted by atomic mass is 10.1. The van der Waals surface area contributed by atoms with Crippen molar-refractivity contribution in [3.8, 4) is 0 Å². The normalized spacial score (nSPS) is 32.3. The van der Waals surface area contributed by atoms with E-state index in [1.807, 2.05) is 0 Å². The lowest BCUT2D eigenvalue weighted by molar-refractivity contribution is 0.478. The Bertz CT molecular complexity index is 325. The monoisotopic (exact) mass is 309 g/mol. The van der Waals surface area contributed by atoms with Crippen molar-refractivity contribution in [2.75, 3.05) is 5.33 Å². The third-order valence-electron chi connectivity index (χ3n) is 3.91. The summed E-state index contributed by atoms with van der Waals surface area (Å²) in [5, 5.41) is 0.786. The number of rotatable bonds is 4. The fraction of sp³-hybridized carbons (Fsp3) is 1.00. The van der Waals surface area contributed by atoms with Crippen LogP contribution in [-0.2, 0) is 10.0 Å². The van der Waals surface area contributed by atoms with Gasteiger partial charge in [-0.2, -0.15) is 0 Å². The smallest absolute Gasteiger partial charge is 0.212 e. The Morgan fingerprint density at radius 3 is 2.38 bits per heavy atom. The molecule has 0 bridgehead atoms. The maximum absolute atomic E-state index is 12.1. The molecular weight excluding hydrogens is 290 g/mol. The number of halogens is 1. The Morgan fingerprint density at radius 1 is 1.06 bits per heavy atom. The van der Waals surface area contributed by atoms with Crippen molar-refractivity contribution in [3.63, 3.8) is 0 Å². The zero-order valence-corrected chi connectivity index (χ0v) is 11.9. The molecule has 0 saturated heterocycles. The van der Waals surface area contributed by atoms with Gasteiger partial charge in [0.05, 0.1) is 5.25 Å². The molecule has 2 aliphatic carbocycles. The van der Waals surface area contributed by atoms with E-state index in [-0.39, 0.29) is 11.3 Å². The Kier molecular flexibility index (Phi) is 4.30.